The molecule has 0 aliphatic rings. The topological polar surface area (TPSA) is 90.6 Å². The fourth-order valence-electron chi connectivity index (χ4n) is 2.92. The lowest BCUT2D eigenvalue weighted by atomic mass is 10.0. The van der Waals surface area contributed by atoms with Gasteiger partial charge >= 0.3 is 0 Å². The molecule has 0 amide bonds. The van der Waals surface area contributed by atoms with Crippen LogP contribution >= 0.6 is 11.9 Å². The van der Waals surface area contributed by atoms with Crippen LogP contribution in [0.2, 0.25) is 0 Å². The lowest BCUT2D eigenvalue weighted by Crippen LogP contribution is -2.02. The van der Waals surface area contributed by atoms with Gasteiger partial charge in [-0.2, -0.15) is 0 Å². The molecule has 2 aromatic heterocycles. The number of nitrogens with one attached hydrogen (secondary N) is 3. The van der Waals surface area contributed by atoms with Crippen LogP contribution in [-0.2, 0) is 6.54 Å². The number of hydrogen-bond acceptors (Lipinski definition) is 5. The summed E-state index contributed by atoms with van der Waals surface area (Å²) in [5.41, 5.74) is 11.6. The van der Waals surface area contributed by atoms with Gasteiger partial charge < -0.3 is 16.1 Å². The highest BCUT2D eigenvalue weighted by Gasteiger charge is 2.00. The number of hydrogen-bond donors (Lipinski definition) is 4. The number of aryl methyl sites for hydroxylation is 1. The molecule has 4 rings (SSSR count). The first-order valence-corrected chi connectivity index (χ1v) is 10.8. The van der Waals surface area contributed by atoms with Gasteiger partial charge in [-0.15, -0.1) is 0 Å². The summed E-state index contributed by atoms with van der Waals surface area (Å²) in [5, 5.41) is 7.26. The quantitative estimate of drug-likeness (QED) is 0.229. The molecule has 0 saturated carbocycles. The second kappa shape index (κ2) is 11.2. The van der Waals surface area contributed by atoms with Crippen molar-refractivity contribution in [3.8, 4) is 11.1 Å². The van der Waals surface area contributed by atoms with E-state index >= 15 is 0 Å². The maximum Gasteiger partial charge on any atom is 0.132 e. The SMILES string of the molecule is CC(=N)c1cccnc1N.Cc1cc(SNCc2ccc(-c3ccccc3)cc2)c[nH]1. The average molecular weight is 430 g/mol. The van der Waals surface area contributed by atoms with Crippen molar-refractivity contribution in [3.05, 3.63) is 102 Å². The molecule has 158 valence electrons. The first-order valence-electron chi connectivity index (χ1n) is 9.98. The van der Waals surface area contributed by atoms with Crippen molar-refractivity contribution in [2.75, 3.05) is 5.73 Å². The standard InChI is InChI=1S/C18H18N2S.C7H9N3/c1-14-11-18(13-19-14)21-20-12-15-7-9-17(10-8-15)16-5-3-2-4-6-16;1-5(8)6-3-2-4-10-7(6)9/h2-11,13,19-20H,12H2,1H3;2-4,8H,1H3,(H2,9,10). The minimum absolute atomic E-state index is 0.426. The Labute approximate surface area is 187 Å². The molecule has 0 unspecified atom stereocenters. The Morgan fingerprint density at radius 3 is 2.32 bits per heavy atom. The largest absolute Gasteiger partial charge is 0.383 e. The van der Waals surface area contributed by atoms with Crippen molar-refractivity contribution in [1.29, 1.82) is 5.41 Å². The number of benzene rings is 2. The molecule has 0 atom stereocenters. The molecule has 0 spiro atoms. The smallest absolute Gasteiger partial charge is 0.132 e. The molecular formula is C25H27N5S. The molecule has 0 bridgehead atoms. The van der Waals surface area contributed by atoms with Crippen LogP contribution in [0.25, 0.3) is 11.1 Å². The van der Waals surface area contributed by atoms with Crippen LogP contribution < -0.4 is 10.5 Å². The lowest BCUT2D eigenvalue weighted by molar-refractivity contribution is 0.976. The highest BCUT2D eigenvalue weighted by molar-refractivity contribution is 7.97. The minimum Gasteiger partial charge on any atom is -0.383 e. The highest BCUT2D eigenvalue weighted by atomic mass is 32.2. The minimum atomic E-state index is 0.426. The van der Waals surface area contributed by atoms with E-state index in [4.69, 9.17) is 11.1 Å². The van der Waals surface area contributed by atoms with Gasteiger partial charge in [-0.25, -0.2) is 4.98 Å². The molecule has 0 saturated heterocycles. The monoisotopic (exact) mass is 429 g/mol. The highest BCUT2D eigenvalue weighted by Crippen LogP contribution is 2.20. The third-order valence-corrected chi connectivity index (χ3v) is 5.33. The zero-order chi connectivity index (χ0) is 22.1. The van der Waals surface area contributed by atoms with Crippen molar-refractivity contribution in [2.24, 2.45) is 0 Å². The van der Waals surface area contributed by atoms with E-state index < -0.39 is 0 Å². The van der Waals surface area contributed by atoms with E-state index in [9.17, 15) is 0 Å². The lowest BCUT2D eigenvalue weighted by Gasteiger charge is -2.05. The Hall–Kier alpha value is -3.35. The number of nitrogens with two attached hydrogens (primary N) is 1. The molecule has 2 heterocycles. The Balaban J connectivity index is 0.000000229. The first kappa shape index (κ1) is 22.3. The number of nitrogen functional groups attached to an aromatic ring is 1. The Morgan fingerprint density at radius 2 is 1.74 bits per heavy atom. The summed E-state index contributed by atoms with van der Waals surface area (Å²) in [4.78, 5) is 8.24. The van der Waals surface area contributed by atoms with Crippen molar-refractivity contribution < 1.29 is 0 Å². The van der Waals surface area contributed by atoms with Gasteiger partial charge in [0.25, 0.3) is 0 Å². The predicted octanol–water partition coefficient (Wildman–Crippen LogP) is 5.84. The Morgan fingerprint density at radius 1 is 1.03 bits per heavy atom. The Kier molecular flexibility index (Phi) is 8.04. The summed E-state index contributed by atoms with van der Waals surface area (Å²) in [6.45, 7) is 4.60. The van der Waals surface area contributed by atoms with E-state index in [0.29, 0.717) is 17.1 Å². The van der Waals surface area contributed by atoms with Gasteiger partial charge in [-0.3, -0.25) is 4.72 Å². The van der Waals surface area contributed by atoms with Crippen LogP contribution in [0.3, 0.4) is 0 Å². The van der Waals surface area contributed by atoms with Gasteiger partial charge in [-0.1, -0.05) is 54.6 Å². The number of aromatic amines is 1. The second-order valence-electron chi connectivity index (χ2n) is 7.07. The van der Waals surface area contributed by atoms with Crippen LogP contribution in [0.4, 0.5) is 5.82 Å². The number of aromatic nitrogens is 2. The van der Waals surface area contributed by atoms with Crippen LogP contribution in [0.1, 0.15) is 23.7 Å². The summed E-state index contributed by atoms with van der Waals surface area (Å²) in [6, 6.07) is 24.9. The van der Waals surface area contributed by atoms with Gasteiger partial charge in [-0.05, 0) is 60.7 Å². The van der Waals surface area contributed by atoms with E-state index in [0.717, 1.165) is 6.54 Å². The van der Waals surface area contributed by atoms with Gasteiger partial charge in [0.2, 0.25) is 0 Å². The van der Waals surface area contributed by atoms with E-state index in [1.165, 1.54) is 27.3 Å². The number of pyridine rings is 1. The number of rotatable bonds is 6. The Bertz CT molecular complexity index is 1100. The molecule has 0 radical (unpaired) electrons. The average Bonchev–Trinajstić information content (AvgIpc) is 3.20. The van der Waals surface area contributed by atoms with Crippen molar-refractivity contribution in [2.45, 2.75) is 25.3 Å². The van der Waals surface area contributed by atoms with Crippen LogP contribution in [0.15, 0.2) is 90.1 Å². The number of anilines is 1. The maximum atomic E-state index is 7.26. The molecular weight excluding hydrogens is 402 g/mol. The summed E-state index contributed by atoms with van der Waals surface area (Å²) in [5.74, 6) is 0.426. The van der Waals surface area contributed by atoms with Crippen molar-refractivity contribution in [1.82, 2.24) is 14.7 Å². The van der Waals surface area contributed by atoms with E-state index in [1.54, 1.807) is 37.2 Å². The second-order valence-corrected chi connectivity index (χ2v) is 8.03. The molecule has 0 aliphatic heterocycles. The van der Waals surface area contributed by atoms with Gasteiger partial charge in [0, 0.05) is 40.8 Å². The predicted molar refractivity (Wildman–Crippen MR) is 131 cm³/mol. The van der Waals surface area contributed by atoms with Crippen LogP contribution in [0, 0.1) is 12.3 Å². The number of nitrogens with zero attached hydrogens (tertiary/aromatic N) is 1. The summed E-state index contributed by atoms with van der Waals surface area (Å²) < 4.78 is 3.39. The zero-order valence-electron chi connectivity index (χ0n) is 17.7. The van der Waals surface area contributed by atoms with Gasteiger partial charge in [0.05, 0.1) is 0 Å². The maximum absolute atomic E-state index is 7.26. The molecule has 6 heteroatoms. The van der Waals surface area contributed by atoms with Crippen molar-refractivity contribution in [3.63, 3.8) is 0 Å². The molecule has 31 heavy (non-hydrogen) atoms. The third-order valence-electron chi connectivity index (χ3n) is 4.57. The van der Waals surface area contributed by atoms with Crippen LogP contribution in [0.5, 0.6) is 0 Å². The summed E-state index contributed by atoms with van der Waals surface area (Å²) in [7, 11) is 0. The molecule has 2 aromatic carbocycles. The van der Waals surface area contributed by atoms with Crippen molar-refractivity contribution >= 4 is 23.5 Å². The first-order chi connectivity index (χ1) is 15.0. The summed E-state index contributed by atoms with van der Waals surface area (Å²) >= 11 is 1.66. The van der Waals surface area contributed by atoms with Crippen LogP contribution in [-0.4, -0.2) is 15.7 Å². The van der Waals surface area contributed by atoms with Gasteiger partial charge in [0.1, 0.15) is 5.82 Å². The summed E-state index contributed by atoms with van der Waals surface area (Å²) in [6.07, 6.45) is 3.63. The van der Waals surface area contributed by atoms with E-state index in [1.807, 2.05) is 12.3 Å². The van der Waals surface area contributed by atoms with Gasteiger partial charge in [0.15, 0.2) is 0 Å². The normalized spacial score (nSPS) is 10.3. The molecule has 4 aromatic rings. The third kappa shape index (κ3) is 6.84. The molecule has 5 N–H and O–H groups in total. The zero-order valence-corrected chi connectivity index (χ0v) is 18.5. The van der Waals surface area contributed by atoms with E-state index in [2.05, 4.69) is 76.2 Å². The molecule has 0 aliphatic carbocycles. The fourth-order valence-corrected chi connectivity index (χ4v) is 3.68. The fraction of sp³-hybridized carbons (Fsp3) is 0.120. The number of H-pyrrole nitrogens is 1. The molecule has 5 nitrogen and oxygen atoms in total. The van der Waals surface area contributed by atoms with E-state index in [-0.39, 0.29) is 0 Å². The molecule has 0 fully saturated rings.